The van der Waals surface area contributed by atoms with Crippen LogP contribution in [0.25, 0.3) is 0 Å². The molecule has 5 heteroatoms. The average Bonchev–Trinajstić information content (AvgIpc) is 2.95. The molecule has 1 N–H and O–H groups in total. The highest BCUT2D eigenvalue weighted by atomic mass is 32.2. The van der Waals surface area contributed by atoms with Crippen LogP contribution in [0.1, 0.15) is 22.3 Å². The van der Waals surface area contributed by atoms with Crippen molar-refractivity contribution < 1.29 is 9.53 Å². The van der Waals surface area contributed by atoms with Gasteiger partial charge in [0, 0.05) is 40.5 Å². The molecule has 0 radical (unpaired) electrons. The Morgan fingerprint density at radius 1 is 1.27 bits per heavy atom. The first-order valence-corrected chi connectivity index (χ1v) is 9.03. The molecule has 0 aliphatic carbocycles. The number of carbonyl (C=O) groups excluding carboxylic acids is 1. The lowest BCUT2D eigenvalue weighted by atomic mass is 10.3. The number of ether oxygens (including phenoxy) is 1. The average molecular weight is 335 g/mol. The van der Waals surface area contributed by atoms with Gasteiger partial charge in [-0.25, -0.2) is 0 Å². The lowest BCUT2D eigenvalue weighted by Gasteiger charge is -2.14. The summed E-state index contributed by atoms with van der Waals surface area (Å²) in [5.41, 5.74) is 0. The number of aryl methyl sites for hydroxylation is 1. The number of thioether (sulfide) groups is 1. The third-order valence-corrected chi connectivity index (χ3v) is 5.30. The molecule has 3 nitrogen and oxygen atoms in total. The maximum Gasteiger partial charge on any atom is 0.220 e. The van der Waals surface area contributed by atoms with Gasteiger partial charge < -0.3 is 10.1 Å². The van der Waals surface area contributed by atoms with Gasteiger partial charge in [-0.2, -0.15) is 0 Å². The predicted molar refractivity (Wildman–Crippen MR) is 93.6 cm³/mol. The molecule has 0 bridgehead atoms. The van der Waals surface area contributed by atoms with Crippen LogP contribution >= 0.6 is 23.1 Å². The van der Waals surface area contributed by atoms with E-state index in [1.807, 2.05) is 18.2 Å². The first-order chi connectivity index (χ1) is 10.7. The zero-order chi connectivity index (χ0) is 15.8. The highest BCUT2D eigenvalue weighted by Crippen LogP contribution is 2.24. The molecule has 2 aromatic rings. The summed E-state index contributed by atoms with van der Waals surface area (Å²) in [7, 11) is 1.68. The summed E-state index contributed by atoms with van der Waals surface area (Å²) in [6.07, 6.45) is 0.448. The normalized spacial score (nSPS) is 12.1. The number of methoxy groups -OCH3 is 1. The molecule has 0 aliphatic heterocycles. The van der Waals surface area contributed by atoms with Gasteiger partial charge in [-0.1, -0.05) is 18.2 Å². The fourth-order valence-electron chi connectivity index (χ4n) is 2.00. The summed E-state index contributed by atoms with van der Waals surface area (Å²) in [5, 5.41) is 2.96. The Hall–Kier alpha value is -1.30. The molecule has 1 aromatic carbocycles. The molecule has 1 aromatic heterocycles. The van der Waals surface area contributed by atoms with Crippen molar-refractivity contribution in [3.8, 4) is 0 Å². The third kappa shape index (κ3) is 5.48. The molecule has 0 fully saturated rings. The van der Waals surface area contributed by atoms with Crippen molar-refractivity contribution in [1.29, 1.82) is 0 Å². The van der Waals surface area contributed by atoms with Crippen molar-refractivity contribution in [1.82, 2.24) is 5.32 Å². The minimum absolute atomic E-state index is 0.0653. The molecule has 0 aliphatic rings. The summed E-state index contributed by atoms with van der Waals surface area (Å²) < 4.78 is 5.46. The van der Waals surface area contributed by atoms with Crippen LogP contribution in [0.3, 0.4) is 0 Å². The first kappa shape index (κ1) is 17.1. The first-order valence-electron chi connectivity index (χ1n) is 7.22. The lowest BCUT2D eigenvalue weighted by molar-refractivity contribution is -0.121. The van der Waals surface area contributed by atoms with Crippen LogP contribution in [-0.4, -0.2) is 25.3 Å². The maximum absolute atomic E-state index is 11.9. The molecule has 1 heterocycles. The second-order valence-electron chi connectivity index (χ2n) is 4.89. The van der Waals surface area contributed by atoms with E-state index in [4.69, 9.17) is 4.74 Å². The molecule has 118 valence electrons. The van der Waals surface area contributed by atoms with Gasteiger partial charge in [0.25, 0.3) is 0 Å². The number of carbonyl (C=O) groups is 1. The van der Waals surface area contributed by atoms with Crippen LogP contribution in [0, 0.1) is 6.92 Å². The van der Waals surface area contributed by atoms with Gasteiger partial charge in [0.2, 0.25) is 5.91 Å². The van der Waals surface area contributed by atoms with Gasteiger partial charge in [0.1, 0.15) is 6.10 Å². The molecular formula is C17H21NO2S2. The van der Waals surface area contributed by atoms with Crippen LogP contribution in [-0.2, 0) is 9.53 Å². The molecule has 0 unspecified atom stereocenters. The van der Waals surface area contributed by atoms with E-state index in [1.54, 1.807) is 30.2 Å². The van der Waals surface area contributed by atoms with E-state index in [1.165, 1.54) is 9.77 Å². The Kier molecular flexibility index (Phi) is 6.96. The van der Waals surface area contributed by atoms with Crippen LogP contribution in [0.15, 0.2) is 47.4 Å². The highest BCUT2D eigenvalue weighted by molar-refractivity contribution is 7.99. The van der Waals surface area contributed by atoms with E-state index in [-0.39, 0.29) is 12.0 Å². The van der Waals surface area contributed by atoms with E-state index in [2.05, 4.69) is 36.5 Å². The Labute approximate surface area is 140 Å². The molecule has 0 saturated carbocycles. The summed E-state index contributed by atoms with van der Waals surface area (Å²) in [6.45, 7) is 2.59. The summed E-state index contributed by atoms with van der Waals surface area (Å²) in [5.74, 6) is 0.852. The van der Waals surface area contributed by atoms with E-state index >= 15 is 0 Å². The van der Waals surface area contributed by atoms with Crippen LogP contribution in [0.2, 0.25) is 0 Å². The van der Waals surface area contributed by atoms with Gasteiger partial charge in [-0.05, 0) is 31.2 Å². The van der Waals surface area contributed by atoms with E-state index < -0.39 is 0 Å². The number of thiophene rings is 1. The SMILES string of the molecule is CO[C@@H](CNC(=O)CCSc1ccccc1)c1ccc(C)s1. The van der Waals surface area contributed by atoms with Gasteiger partial charge >= 0.3 is 0 Å². The minimum Gasteiger partial charge on any atom is -0.374 e. The fraction of sp³-hybridized carbons (Fsp3) is 0.353. The molecule has 1 amide bonds. The molecule has 2 rings (SSSR count). The number of benzene rings is 1. The van der Waals surface area contributed by atoms with Crippen LogP contribution in [0.5, 0.6) is 0 Å². The van der Waals surface area contributed by atoms with Crippen LogP contribution < -0.4 is 5.32 Å². The second-order valence-corrected chi connectivity index (χ2v) is 7.38. The lowest BCUT2D eigenvalue weighted by Crippen LogP contribution is -2.29. The molecule has 0 spiro atoms. The van der Waals surface area contributed by atoms with Crippen molar-refractivity contribution >= 4 is 29.0 Å². The number of rotatable bonds is 8. The molecule has 22 heavy (non-hydrogen) atoms. The van der Waals surface area contributed by atoms with Gasteiger partial charge in [-0.3, -0.25) is 4.79 Å². The summed E-state index contributed by atoms with van der Waals surface area (Å²) >= 11 is 3.41. The van der Waals surface area contributed by atoms with Gasteiger partial charge in [0.05, 0.1) is 0 Å². The maximum atomic E-state index is 11.9. The van der Waals surface area contributed by atoms with Crippen LogP contribution in [0.4, 0.5) is 0 Å². The Bertz CT molecular complexity index is 583. The zero-order valence-electron chi connectivity index (χ0n) is 12.9. The number of amides is 1. The van der Waals surface area contributed by atoms with Gasteiger partial charge in [0.15, 0.2) is 0 Å². The van der Waals surface area contributed by atoms with E-state index in [0.29, 0.717) is 13.0 Å². The monoisotopic (exact) mass is 335 g/mol. The summed E-state index contributed by atoms with van der Waals surface area (Å²) in [6, 6.07) is 14.3. The number of nitrogens with one attached hydrogen (secondary N) is 1. The standard InChI is InChI=1S/C17H21NO2S2/c1-13-8-9-16(22-13)15(20-2)12-18-17(19)10-11-21-14-6-4-3-5-7-14/h3-9,15H,10-12H2,1-2H3,(H,18,19)/t15-/m0/s1. The number of hydrogen-bond acceptors (Lipinski definition) is 4. The molecule has 1 atom stereocenters. The van der Waals surface area contributed by atoms with E-state index in [0.717, 1.165) is 10.6 Å². The Morgan fingerprint density at radius 2 is 2.05 bits per heavy atom. The van der Waals surface area contributed by atoms with Crippen molar-refractivity contribution in [3.05, 3.63) is 52.2 Å². The van der Waals surface area contributed by atoms with Crippen molar-refractivity contribution in [2.24, 2.45) is 0 Å². The quantitative estimate of drug-likeness (QED) is 0.740. The third-order valence-electron chi connectivity index (χ3n) is 3.19. The Morgan fingerprint density at radius 3 is 2.68 bits per heavy atom. The predicted octanol–water partition coefficient (Wildman–Crippen LogP) is 4.04. The Balaban J connectivity index is 1.70. The fourth-order valence-corrected chi connectivity index (χ4v) is 3.83. The van der Waals surface area contributed by atoms with Gasteiger partial charge in [-0.15, -0.1) is 23.1 Å². The van der Waals surface area contributed by atoms with Crippen molar-refractivity contribution in [3.63, 3.8) is 0 Å². The van der Waals surface area contributed by atoms with Crippen molar-refractivity contribution in [2.45, 2.75) is 24.3 Å². The molecular weight excluding hydrogens is 314 g/mol. The zero-order valence-corrected chi connectivity index (χ0v) is 14.5. The molecule has 0 saturated heterocycles. The number of hydrogen-bond donors (Lipinski definition) is 1. The van der Waals surface area contributed by atoms with Crippen molar-refractivity contribution in [2.75, 3.05) is 19.4 Å². The highest BCUT2D eigenvalue weighted by Gasteiger charge is 2.13. The smallest absolute Gasteiger partial charge is 0.220 e. The minimum atomic E-state index is -0.0653. The largest absolute Gasteiger partial charge is 0.374 e. The topological polar surface area (TPSA) is 38.3 Å². The van der Waals surface area contributed by atoms with E-state index in [9.17, 15) is 4.79 Å². The second kappa shape index (κ2) is 8.98. The summed E-state index contributed by atoms with van der Waals surface area (Å²) in [4.78, 5) is 15.5.